The fourth-order valence-corrected chi connectivity index (χ4v) is 2.94. The molecule has 10 heteroatoms. The number of aromatic nitrogens is 2. The molecule has 2 amide bonds. The number of halogens is 2. The van der Waals surface area contributed by atoms with Gasteiger partial charge in [-0.15, -0.1) is 0 Å². The lowest BCUT2D eigenvalue weighted by Crippen LogP contribution is -2.54. The molecule has 0 aliphatic carbocycles. The molecule has 2 atom stereocenters. The van der Waals surface area contributed by atoms with E-state index in [1.807, 2.05) is 10.8 Å². The first kappa shape index (κ1) is 17.7. The monoisotopic (exact) mass is 382 g/mol. The minimum atomic E-state index is -0.705. The van der Waals surface area contributed by atoms with E-state index in [0.717, 1.165) is 6.42 Å². The smallest absolute Gasteiger partial charge is 0.250 e. The number of hydrogen-bond donors (Lipinski definition) is 4. The maximum absolute atomic E-state index is 12.5. The van der Waals surface area contributed by atoms with Crippen LogP contribution in [-0.4, -0.2) is 27.4 Å². The molecule has 2 unspecified atom stereocenters. The molecule has 5 N–H and O–H groups in total. The number of anilines is 1. The summed E-state index contributed by atoms with van der Waals surface area (Å²) in [7, 11) is 0. The summed E-state index contributed by atoms with van der Waals surface area (Å²) in [6, 6.07) is 2.27. The summed E-state index contributed by atoms with van der Waals surface area (Å²) < 4.78 is 1.91. The molecule has 1 aliphatic rings. The standard InChI is InChI=1S/C15H16Cl2N6O2/c16-9-5-8(14(18)24)12(6-10(9)17)20-15(25)11-1-2-13(22-21-11)23-4-3-19-7-23/h3-7,11,13,21-22H,1-2H2,(H2,18,24)(H,20,25). The Hall–Kier alpha value is -2.13. The minimum Gasteiger partial charge on any atom is -0.366 e. The number of hydrazine groups is 1. The number of nitrogens with two attached hydrogens (primary N) is 1. The Morgan fingerprint density at radius 2 is 2.00 bits per heavy atom. The van der Waals surface area contributed by atoms with Crippen molar-refractivity contribution in [3.63, 3.8) is 0 Å². The van der Waals surface area contributed by atoms with Crippen LogP contribution in [0.1, 0.15) is 29.4 Å². The summed E-state index contributed by atoms with van der Waals surface area (Å²) in [5.41, 5.74) is 11.7. The topological polar surface area (TPSA) is 114 Å². The quantitative estimate of drug-likeness (QED) is 0.642. The summed E-state index contributed by atoms with van der Waals surface area (Å²) in [6.45, 7) is 0. The van der Waals surface area contributed by atoms with Gasteiger partial charge in [-0.3, -0.25) is 9.59 Å². The number of benzene rings is 1. The van der Waals surface area contributed by atoms with Crippen LogP contribution in [0.2, 0.25) is 10.0 Å². The molecule has 1 aliphatic heterocycles. The maximum atomic E-state index is 12.5. The Balaban J connectivity index is 1.67. The number of rotatable bonds is 4. The van der Waals surface area contributed by atoms with Gasteiger partial charge in [0, 0.05) is 12.4 Å². The third kappa shape index (κ3) is 3.93. The van der Waals surface area contributed by atoms with Gasteiger partial charge in [-0.05, 0) is 25.0 Å². The number of hydrogen-bond acceptors (Lipinski definition) is 5. The Bertz CT molecular complexity index is 788. The van der Waals surface area contributed by atoms with Crippen molar-refractivity contribution in [1.29, 1.82) is 0 Å². The predicted octanol–water partition coefficient (Wildman–Crippen LogP) is 1.68. The molecular weight excluding hydrogens is 367 g/mol. The van der Waals surface area contributed by atoms with Crippen molar-refractivity contribution >= 4 is 40.7 Å². The van der Waals surface area contributed by atoms with Crippen molar-refractivity contribution in [2.75, 3.05) is 5.32 Å². The van der Waals surface area contributed by atoms with Crippen molar-refractivity contribution in [2.45, 2.75) is 25.0 Å². The van der Waals surface area contributed by atoms with Gasteiger partial charge in [-0.2, -0.15) is 0 Å². The third-order valence-electron chi connectivity index (χ3n) is 3.94. The molecule has 1 fully saturated rings. The van der Waals surface area contributed by atoms with E-state index in [4.69, 9.17) is 28.9 Å². The summed E-state index contributed by atoms with van der Waals surface area (Å²) in [5.74, 6) is -1.01. The number of imidazole rings is 1. The number of primary amides is 1. The Labute approximate surface area is 153 Å². The van der Waals surface area contributed by atoms with Crippen LogP contribution in [0, 0.1) is 0 Å². The highest BCUT2D eigenvalue weighted by Gasteiger charge is 2.27. The van der Waals surface area contributed by atoms with Gasteiger partial charge in [0.2, 0.25) is 5.91 Å². The van der Waals surface area contributed by atoms with Gasteiger partial charge in [0.15, 0.2) is 0 Å². The van der Waals surface area contributed by atoms with E-state index in [0.29, 0.717) is 6.42 Å². The number of nitrogens with one attached hydrogen (secondary N) is 3. The second kappa shape index (κ2) is 7.40. The fourth-order valence-electron chi connectivity index (χ4n) is 2.61. The summed E-state index contributed by atoms with van der Waals surface area (Å²) in [5, 5.41) is 3.08. The zero-order valence-electron chi connectivity index (χ0n) is 13.0. The molecule has 3 rings (SSSR count). The Morgan fingerprint density at radius 1 is 1.24 bits per heavy atom. The van der Waals surface area contributed by atoms with Crippen LogP contribution in [0.4, 0.5) is 5.69 Å². The van der Waals surface area contributed by atoms with E-state index in [9.17, 15) is 9.59 Å². The van der Waals surface area contributed by atoms with Crippen molar-refractivity contribution in [3.8, 4) is 0 Å². The van der Waals surface area contributed by atoms with Crippen LogP contribution in [0.3, 0.4) is 0 Å². The predicted molar refractivity (Wildman–Crippen MR) is 94.2 cm³/mol. The first-order chi connectivity index (χ1) is 12.0. The molecule has 0 spiro atoms. The van der Waals surface area contributed by atoms with Crippen molar-refractivity contribution < 1.29 is 9.59 Å². The van der Waals surface area contributed by atoms with Crippen LogP contribution >= 0.6 is 23.2 Å². The molecule has 2 heterocycles. The van der Waals surface area contributed by atoms with E-state index in [-0.39, 0.29) is 33.4 Å². The maximum Gasteiger partial charge on any atom is 0.250 e. The zero-order chi connectivity index (χ0) is 18.0. The van der Waals surface area contributed by atoms with Crippen molar-refractivity contribution in [3.05, 3.63) is 46.5 Å². The molecule has 25 heavy (non-hydrogen) atoms. The van der Waals surface area contributed by atoms with Gasteiger partial charge < -0.3 is 15.6 Å². The molecule has 2 aromatic rings. The van der Waals surface area contributed by atoms with Gasteiger partial charge in [0.1, 0.15) is 6.04 Å². The number of amides is 2. The van der Waals surface area contributed by atoms with Crippen LogP contribution in [-0.2, 0) is 4.79 Å². The van der Waals surface area contributed by atoms with Crippen LogP contribution < -0.4 is 21.9 Å². The van der Waals surface area contributed by atoms with Gasteiger partial charge in [0.25, 0.3) is 5.91 Å². The highest BCUT2D eigenvalue weighted by molar-refractivity contribution is 6.42. The van der Waals surface area contributed by atoms with E-state index in [1.165, 1.54) is 12.1 Å². The molecular formula is C15H16Cl2N6O2. The van der Waals surface area contributed by atoms with Gasteiger partial charge >= 0.3 is 0 Å². The highest BCUT2D eigenvalue weighted by atomic mass is 35.5. The van der Waals surface area contributed by atoms with Gasteiger partial charge in [0.05, 0.1) is 33.8 Å². The molecule has 0 saturated carbocycles. The Morgan fingerprint density at radius 3 is 2.60 bits per heavy atom. The van der Waals surface area contributed by atoms with E-state index in [2.05, 4.69) is 21.2 Å². The second-order valence-corrected chi connectivity index (χ2v) is 6.42. The summed E-state index contributed by atoms with van der Waals surface area (Å²) in [4.78, 5) is 28.0. The van der Waals surface area contributed by atoms with E-state index < -0.39 is 11.9 Å². The van der Waals surface area contributed by atoms with Crippen LogP contribution in [0.5, 0.6) is 0 Å². The molecule has 8 nitrogen and oxygen atoms in total. The minimum absolute atomic E-state index is 0.0118. The largest absolute Gasteiger partial charge is 0.366 e. The lowest BCUT2D eigenvalue weighted by Gasteiger charge is -2.31. The van der Waals surface area contributed by atoms with Crippen molar-refractivity contribution in [2.24, 2.45) is 5.73 Å². The van der Waals surface area contributed by atoms with Crippen molar-refractivity contribution in [1.82, 2.24) is 20.4 Å². The number of nitrogens with zero attached hydrogens (tertiary/aromatic N) is 2. The molecule has 0 bridgehead atoms. The number of carbonyl (C=O) groups excluding carboxylic acids is 2. The average Bonchev–Trinajstić information content (AvgIpc) is 3.12. The molecule has 1 aromatic carbocycles. The second-order valence-electron chi connectivity index (χ2n) is 5.61. The zero-order valence-corrected chi connectivity index (χ0v) is 14.5. The molecule has 132 valence electrons. The molecule has 1 aromatic heterocycles. The van der Waals surface area contributed by atoms with Crippen LogP contribution in [0.15, 0.2) is 30.9 Å². The van der Waals surface area contributed by atoms with Gasteiger partial charge in [-0.1, -0.05) is 23.2 Å². The third-order valence-corrected chi connectivity index (χ3v) is 4.66. The lowest BCUT2D eigenvalue weighted by atomic mass is 10.1. The summed E-state index contributed by atoms with van der Waals surface area (Å²) >= 11 is 11.9. The first-order valence-corrected chi connectivity index (χ1v) is 8.29. The fraction of sp³-hybridized carbons (Fsp3) is 0.267. The molecule has 0 radical (unpaired) electrons. The SMILES string of the molecule is NC(=O)c1cc(Cl)c(Cl)cc1NC(=O)C1CCC(n2ccnc2)NN1. The normalized spacial score (nSPS) is 20.2. The van der Waals surface area contributed by atoms with E-state index >= 15 is 0 Å². The lowest BCUT2D eigenvalue weighted by molar-refractivity contribution is -0.119. The van der Waals surface area contributed by atoms with Gasteiger partial charge in [-0.25, -0.2) is 15.8 Å². The number of carbonyl (C=O) groups is 2. The first-order valence-electron chi connectivity index (χ1n) is 7.54. The average molecular weight is 383 g/mol. The highest BCUT2D eigenvalue weighted by Crippen LogP contribution is 2.29. The molecule has 1 saturated heterocycles. The van der Waals surface area contributed by atoms with E-state index in [1.54, 1.807) is 12.5 Å². The Kier molecular flexibility index (Phi) is 5.24. The van der Waals surface area contributed by atoms with Crippen LogP contribution in [0.25, 0.3) is 0 Å². The summed E-state index contributed by atoms with van der Waals surface area (Å²) in [6.07, 6.45) is 6.57.